The number of aryl methyl sites for hydroxylation is 1. The minimum absolute atomic E-state index is 0.0251. The van der Waals surface area contributed by atoms with Gasteiger partial charge in [-0.2, -0.15) is 52.7 Å². The molecular formula is C37H22F12N2O4. The number of alkyl halides is 12. The fourth-order valence-corrected chi connectivity index (χ4v) is 4.90. The van der Waals surface area contributed by atoms with E-state index in [4.69, 9.17) is 9.47 Å². The third-order valence-electron chi connectivity index (χ3n) is 7.42. The van der Waals surface area contributed by atoms with Crippen molar-refractivity contribution in [3.8, 4) is 23.0 Å². The molecule has 0 unspecified atom stereocenters. The zero-order chi connectivity index (χ0) is 40.5. The molecule has 288 valence electrons. The highest BCUT2D eigenvalue weighted by atomic mass is 19.4. The summed E-state index contributed by atoms with van der Waals surface area (Å²) in [5.41, 5.74) is -7.63. The summed E-state index contributed by atoms with van der Waals surface area (Å²) < 4.78 is 170. The fourth-order valence-electron chi connectivity index (χ4n) is 4.90. The summed E-state index contributed by atoms with van der Waals surface area (Å²) in [6.45, 7) is 1.70. The number of ether oxygens (including phenoxy) is 2. The molecule has 6 nitrogen and oxygen atoms in total. The Balaban J connectivity index is 1.24. The van der Waals surface area contributed by atoms with E-state index in [1.165, 1.54) is 54.6 Å². The van der Waals surface area contributed by atoms with Crippen molar-refractivity contribution in [2.75, 3.05) is 10.6 Å². The lowest BCUT2D eigenvalue weighted by Crippen LogP contribution is -2.17. The standard InChI is InChI=1S/C37H22F12N2O4/c1-19-10-30(54-28-6-2-26(3-7-28)50-32(52)20-12-22(34(38,39)40)16-23(13-20)35(41,42)43)18-31(11-19)55-29-8-4-27(5-9-29)51-33(53)21-14-24(36(44,45)46)17-25(15-21)37(47,48)49/h2-18H,1H3,(H,50,52)(H,51,53). The van der Waals surface area contributed by atoms with Gasteiger partial charge in [-0.15, -0.1) is 0 Å². The molecule has 5 rings (SSSR count). The van der Waals surface area contributed by atoms with E-state index in [0.29, 0.717) is 29.8 Å². The van der Waals surface area contributed by atoms with Gasteiger partial charge in [0.25, 0.3) is 11.8 Å². The molecular weight excluding hydrogens is 764 g/mol. The first-order chi connectivity index (χ1) is 25.4. The van der Waals surface area contributed by atoms with Gasteiger partial charge >= 0.3 is 24.7 Å². The molecule has 5 aromatic rings. The summed E-state index contributed by atoms with van der Waals surface area (Å²) in [7, 11) is 0. The highest BCUT2D eigenvalue weighted by molar-refractivity contribution is 6.05. The van der Waals surface area contributed by atoms with Crippen LogP contribution in [0.3, 0.4) is 0 Å². The maximum absolute atomic E-state index is 13.2. The molecule has 18 heteroatoms. The summed E-state index contributed by atoms with van der Waals surface area (Å²) >= 11 is 0. The topological polar surface area (TPSA) is 76.7 Å². The van der Waals surface area contributed by atoms with Gasteiger partial charge in [-0.1, -0.05) is 0 Å². The van der Waals surface area contributed by atoms with Crippen molar-refractivity contribution in [3.63, 3.8) is 0 Å². The Hall–Kier alpha value is -6.20. The number of rotatable bonds is 8. The smallest absolute Gasteiger partial charge is 0.416 e. The molecule has 5 aromatic carbocycles. The average molecular weight is 787 g/mol. The number of anilines is 2. The van der Waals surface area contributed by atoms with Crippen LogP contribution in [0.4, 0.5) is 64.1 Å². The van der Waals surface area contributed by atoms with Gasteiger partial charge in [-0.05, 0) is 110 Å². The number of nitrogens with one attached hydrogen (secondary N) is 2. The van der Waals surface area contributed by atoms with Crippen LogP contribution in [0.15, 0.2) is 103 Å². The molecule has 0 atom stereocenters. The monoisotopic (exact) mass is 786 g/mol. The van der Waals surface area contributed by atoms with E-state index >= 15 is 0 Å². The quantitative estimate of drug-likeness (QED) is 0.154. The van der Waals surface area contributed by atoms with Crippen molar-refractivity contribution in [2.24, 2.45) is 0 Å². The van der Waals surface area contributed by atoms with Crippen LogP contribution in [-0.2, 0) is 24.7 Å². The average Bonchev–Trinajstić information content (AvgIpc) is 3.08. The lowest BCUT2D eigenvalue weighted by Gasteiger charge is -2.14. The summed E-state index contributed by atoms with van der Waals surface area (Å²) in [6, 6.07) is 16.3. The molecule has 0 heterocycles. The van der Waals surface area contributed by atoms with Crippen LogP contribution in [0.5, 0.6) is 23.0 Å². The van der Waals surface area contributed by atoms with Gasteiger partial charge in [0.2, 0.25) is 0 Å². The number of amides is 2. The van der Waals surface area contributed by atoms with Gasteiger partial charge in [-0.25, -0.2) is 0 Å². The predicted octanol–water partition coefficient (Wildman–Crippen LogP) is 12.2. The summed E-state index contributed by atoms with van der Waals surface area (Å²) in [5, 5.41) is 4.47. The molecule has 55 heavy (non-hydrogen) atoms. The van der Waals surface area contributed by atoms with Gasteiger partial charge < -0.3 is 20.1 Å². The molecule has 2 N–H and O–H groups in total. The maximum atomic E-state index is 13.2. The number of carbonyl (C=O) groups is 2. The van der Waals surface area contributed by atoms with E-state index in [1.807, 2.05) is 0 Å². The third kappa shape index (κ3) is 10.5. The Morgan fingerprint density at radius 2 is 0.709 bits per heavy atom. The summed E-state index contributed by atoms with van der Waals surface area (Å²) in [6.07, 6.45) is -20.6. The molecule has 0 aliphatic heterocycles. The fraction of sp³-hybridized carbons (Fsp3) is 0.135. The lowest BCUT2D eigenvalue weighted by molar-refractivity contribution is -0.144. The molecule has 0 bridgehead atoms. The molecule has 0 saturated carbocycles. The van der Waals surface area contributed by atoms with Gasteiger partial charge in [0.1, 0.15) is 23.0 Å². The third-order valence-corrected chi connectivity index (χ3v) is 7.42. The number of benzene rings is 5. The van der Waals surface area contributed by atoms with Crippen molar-refractivity contribution in [2.45, 2.75) is 31.6 Å². The highest BCUT2D eigenvalue weighted by Crippen LogP contribution is 2.38. The van der Waals surface area contributed by atoms with Crippen LogP contribution in [0.1, 0.15) is 48.5 Å². The molecule has 2 amide bonds. The molecule has 0 radical (unpaired) electrons. The Labute approximate surface area is 302 Å². The van der Waals surface area contributed by atoms with Crippen LogP contribution < -0.4 is 20.1 Å². The second kappa shape index (κ2) is 14.9. The van der Waals surface area contributed by atoms with Crippen LogP contribution in [-0.4, -0.2) is 11.8 Å². The second-order valence-electron chi connectivity index (χ2n) is 11.7. The maximum Gasteiger partial charge on any atom is 0.416 e. The summed E-state index contributed by atoms with van der Waals surface area (Å²) in [4.78, 5) is 25.2. The minimum Gasteiger partial charge on any atom is -0.457 e. The van der Waals surface area contributed by atoms with Crippen LogP contribution >= 0.6 is 0 Å². The Morgan fingerprint density at radius 3 is 0.982 bits per heavy atom. The number of hydrogen-bond donors (Lipinski definition) is 2. The molecule has 0 spiro atoms. The zero-order valence-electron chi connectivity index (χ0n) is 27.5. The first-order valence-electron chi connectivity index (χ1n) is 15.3. The lowest BCUT2D eigenvalue weighted by atomic mass is 10.0. The minimum atomic E-state index is -5.14. The van der Waals surface area contributed by atoms with E-state index in [2.05, 4.69) is 10.6 Å². The van der Waals surface area contributed by atoms with Crippen molar-refractivity contribution in [3.05, 3.63) is 142 Å². The normalized spacial score (nSPS) is 12.2. The summed E-state index contributed by atoms with van der Waals surface area (Å²) in [5.74, 6) is -1.54. The number of carbonyl (C=O) groups excluding carboxylic acids is 2. The van der Waals surface area contributed by atoms with Crippen molar-refractivity contribution in [1.29, 1.82) is 0 Å². The molecule has 0 aliphatic carbocycles. The highest BCUT2D eigenvalue weighted by Gasteiger charge is 2.39. The Kier molecular flexibility index (Phi) is 10.8. The van der Waals surface area contributed by atoms with Crippen molar-refractivity contribution >= 4 is 23.2 Å². The van der Waals surface area contributed by atoms with E-state index in [-0.39, 0.29) is 46.5 Å². The van der Waals surface area contributed by atoms with Gasteiger partial charge in [0, 0.05) is 28.6 Å². The van der Waals surface area contributed by atoms with E-state index in [0.717, 1.165) is 0 Å². The first kappa shape index (κ1) is 40.0. The number of hydrogen-bond acceptors (Lipinski definition) is 4. The second-order valence-corrected chi connectivity index (χ2v) is 11.7. The van der Waals surface area contributed by atoms with Crippen molar-refractivity contribution in [1.82, 2.24) is 0 Å². The van der Waals surface area contributed by atoms with Crippen molar-refractivity contribution < 1.29 is 71.7 Å². The number of halogens is 12. The van der Waals surface area contributed by atoms with Crippen LogP contribution in [0.2, 0.25) is 0 Å². The largest absolute Gasteiger partial charge is 0.457 e. The Morgan fingerprint density at radius 1 is 0.418 bits per heavy atom. The van der Waals surface area contributed by atoms with Gasteiger partial charge in [0.05, 0.1) is 22.3 Å². The molecule has 0 aromatic heterocycles. The van der Waals surface area contributed by atoms with E-state index < -0.39 is 69.9 Å². The molecule has 0 fully saturated rings. The Bertz CT molecular complexity index is 1990. The van der Waals surface area contributed by atoms with Gasteiger partial charge in [-0.3, -0.25) is 9.59 Å². The zero-order valence-corrected chi connectivity index (χ0v) is 27.5. The van der Waals surface area contributed by atoms with E-state index in [9.17, 15) is 62.3 Å². The SMILES string of the molecule is Cc1cc(Oc2ccc(NC(=O)c3cc(C(F)(F)F)cc(C(F)(F)F)c3)cc2)cc(Oc2ccc(NC(=O)c3cc(C(F)(F)F)cc(C(F)(F)F)c3)cc2)c1. The first-order valence-corrected chi connectivity index (χ1v) is 15.3. The van der Waals surface area contributed by atoms with Crippen LogP contribution in [0.25, 0.3) is 0 Å². The van der Waals surface area contributed by atoms with Crippen LogP contribution in [0, 0.1) is 6.92 Å². The predicted molar refractivity (Wildman–Crippen MR) is 173 cm³/mol. The van der Waals surface area contributed by atoms with E-state index in [1.54, 1.807) is 19.1 Å². The molecule has 0 saturated heterocycles. The molecule has 0 aliphatic rings. The van der Waals surface area contributed by atoms with Gasteiger partial charge in [0.15, 0.2) is 0 Å².